The van der Waals surface area contributed by atoms with E-state index in [0.717, 1.165) is 14.7 Å². The molecule has 143 heavy (non-hydrogen) atoms. The van der Waals surface area contributed by atoms with Crippen LogP contribution >= 0.6 is 0 Å². The molecule has 0 bridgehead atoms. The number of aliphatic carboxylic acids is 4. The Morgan fingerprint density at radius 1 is 0.378 bits per heavy atom. The molecule has 0 radical (unpaired) electrons. The number of unbranched alkanes of at least 4 members (excludes halogenated alkanes) is 3. The SMILES string of the molecule is N#C[C@@H]1CC(F)(F)CN1C(=O)CNC(=O)c1ccnc2ccc(OCCCCNC(=O)N3CCN(C(=O)CCC(C(=O)O)N4CCN(CC(=O)O)CCN(CC(=O)O)CCN(CC(=O)O)CC4)CCN(C(=O)NCCCCOc4ccc5nccc(C(=O)NCC(=O)N6CC(F)(F)C[C@H]6C#N)c5c4)CCN(C(=O)NCCCCOc4ccc5nccc(C(=O)NCC(=O)N6CC(F)(F)C[C@H]6C#N)c5c4)CC3)cc12. The monoisotopic (exact) mass is 2000 g/mol. The third-order valence-electron chi connectivity index (χ3n) is 24.7. The van der Waals surface area contributed by atoms with E-state index in [1.54, 1.807) is 72.8 Å². The van der Waals surface area contributed by atoms with Gasteiger partial charge in [-0.25, -0.2) is 40.7 Å². The highest BCUT2D eigenvalue weighted by Gasteiger charge is 2.50. The molecule has 10 N–H and O–H groups in total. The first-order valence-electron chi connectivity index (χ1n) is 46.6. The van der Waals surface area contributed by atoms with Crippen LogP contribution in [-0.2, 0) is 38.4 Å². The standard InChI is InChI=1S/C93H113F6N23O21/c94-91(95)46-61(49-100)120(58-91)78(124)52-109-84(133)67-15-21-103-73-10-7-64(43-70(67)73)141-40-4-1-18-106-88(138)117-34-32-116(77(123)14-13-76(87(136)137)115-30-28-113(56-82(129)130)26-24-112(55-81(127)128)25-27-114(29-31-115)57-83(131)132)33-35-118(89(139)107-19-2-5-41-142-65-8-11-74-71(44-65)68(16-22-104-74)85(134)110-53-79(125)121-59-92(96,97)47-62(121)50-101)37-39-119(38-36-117)90(140)108-20-3-6-42-143-66-9-12-75-72(45-66)69(17-23-105-75)86(135)111-54-80(126)122-60-93(98,99)48-63(122)51-102/h7-12,15-17,21-23,43-45,61-63,76H,1-6,13-14,18-20,24-42,46-48,52-60H2,(H,106,138)(H,107,139)(H,108,140)(H,109,133)(H,110,134)(H,111,135)(H,127,128)(H,129,130)(H,131,132)(H,136,137)/t61-,62-,63-,76?/m0/s1. The maximum Gasteiger partial charge on any atom is 0.320 e. The summed E-state index contributed by atoms with van der Waals surface area (Å²) in [5.74, 6) is -19.4. The normalized spacial score (nSPS) is 18.6. The highest BCUT2D eigenvalue weighted by atomic mass is 19.3. The van der Waals surface area contributed by atoms with E-state index in [-0.39, 0.29) is 167 Å². The Bertz CT molecular complexity index is 5510. The lowest BCUT2D eigenvalue weighted by Crippen LogP contribution is -2.54. The van der Waals surface area contributed by atoms with Gasteiger partial charge < -0.3 is 101 Å². The minimum Gasteiger partial charge on any atom is -0.494 e. The lowest BCUT2D eigenvalue weighted by Gasteiger charge is -2.36. The molecule has 5 aliphatic rings. The van der Waals surface area contributed by atoms with E-state index in [2.05, 4.69) is 46.9 Å². The van der Waals surface area contributed by atoms with Crippen LogP contribution in [0, 0.1) is 34.0 Å². The van der Waals surface area contributed by atoms with Crippen LogP contribution in [-0.4, -0.2) is 418 Å². The number of halogens is 6. The summed E-state index contributed by atoms with van der Waals surface area (Å²) in [5.41, 5.74) is 1.33. The number of carbonyl (C=O) groups excluding carboxylic acids is 10. The second-order valence-electron chi connectivity index (χ2n) is 35.0. The molecule has 5 aliphatic heterocycles. The number of nitrogens with zero attached hydrogens (tertiary/aromatic N) is 17. The molecule has 768 valence electrons. The van der Waals surface area contributed by atoms with E-state index in [1.165, 1.54) is 76.0 Å². The van der Waals surface area contributed by atoms with Gasteiger partial charge in [0, 0.05) is 185 Å². The van der Waals surface area contributed by atoms with Crippen LogP contribution in [0.25, 0.3) is 32.7 Å². The van der Waals surface area contributed by atoms with Crippen molar-refractivity contribution in [2.24, 2.45) is 0 Å². The fourth-order valence-corrected chi connectivity index (χ4v) is 17.1. The number of nitriles is 3. The van der Waals surface area contributed by atoms with Gasteiger partial charge in [-0.3, -0.25) is 87.3 Å². The van der Waals surface area contributed by atoms with Crippen molar-refractivity contribution in [3.8, 4) is 35.5 Å². The molecule has 8 heterocycles. The fourth-order valence-electron chi connectivity index (χ4n) is 17.1. The minimum atomic E-state index is -3.28. The van der Waals surface area contributed by atoms with Crippen LogP contribution in [0.5, 0.6) is 17.2 Å². The van der Waals surface area contributed by atoms with E-state index >= 15 is 4.79 Å². The molecule has 1 unspecified atom stereocenters. The number of fused-ring (bicyclic) bond motifs is 3. The summed E-state index contributed by atoms with van der Waals surface area (Å²) >= 11 is 0. The van der Waals surface area contributed by atoms with Crippen molar-refractivity contribution >= 4 is 116 Å². The predicted molar refractivity (Wildman–Crippen MR) is 494 cm³/mol. The van der Waals surface area contributed by atoms with Crippen LogP contribution in [0.15, 0.2) is 91.4 Å². The van der Waals surface area contributed by atoms with Crippen LogP contribution in [0.2, 0.25) is 0 Å². The highest BCUT2D eigenvalue weighted by Crippen LogP contribution is 2.36. The third kappa shape index (κ3) is 32.1. The lowest BCUT2D eigenvalue weighted by atomic mass is 10.1. The number of alkyl halides is 6. The predicted octanol–water partition coefficient (Wildman–Crippen LogP) is 3.26. The number of nitrogens with one attached hydrogen (secondary N) is 6. The summed E-state index contributed by atoms with van der Waals surface area (Å²) in [6, 6.07) is 16.0. The number of hydrogen-bond acceptors (Lipinski definition) is 27. The number of rotatable bonds is 38. The molecule has 0 spiro atoms. The molecule has 13 amide bonds. The van der Waals surface area contributed by atoms with E-state index in [1.807, 2.05) is 0 Å². The van der Waals surface area contributed by atoms with Gasteiger partial charge >= 0.3 is 42.0 Å². The van der Waals surface area contributed by atoms with Crippen molar-refractivity contribution in [2.45, 2.75) is 113 Å². The van der Waals surface area contributed by atoms with Gasteiger partial charge in [-0.15, -0.1) is 0 Å². The summed E-state index contributed by atoms with van der Waals surface area (Å²) in [4.78, 5) is 215. The number of ether oxygens (including phenoxy) is 3. The largest absolute Gasteiger partial charge is 0.494 e. The van der Waals surface area contributed by atoms with Crippen molar-refractivity contribution in [1.29, 1.82) is 15.8 Å². The smallest absolute Gasteiger partial charge is 0.320 e. The lowest BCUT2D eigenvalue weighted by molar-refractivity contribution is -0.145. The van der Waals surface area contributed by atoms with Crippen LogP contribution in [0.1, 0.15) is 102 Å². The molecular weight excluding hydrogens is 1890 g/mol. The average Bonchev–Trinajstić information content (AvgIpc) is 1.41. The Balaban J connectivity index is 0.781. The quantitative estimate of drug-likeness (QED) is 0.0196. The van der Waals surface area contributed by atoms with Crippen LogP contribution in [0.4, 0.5) is 40.7 Å². The average molecular weight is 2000 g/mol. The van der Waals surface area contributed by atoms with Gasteiger partial charge in [0.15, 0.2) is 0 Å². The highest BCUT2D eigenvalue weighted by molar-refractivity contribution is 6.09. The summed E-state index contributed by atoms with van der Waals surface area (Å²) < 4.78 is 103. The molecule has 44 nitrogen and oxygen atoms in total. The number of pyridine rings is 3. The molecule has 3 aromatic heterocycles. The van der Waals surface area contributed by atoms with Gasteiger partial charge in [0.1, 0.15) is 41.4 Å². The summed E-state index contributed by atoms with van der Waals surface area (Å²) in [5, 5.41) is 86.0. The number of carboxylic acid groups (broad SMARTS) is 4. The second-order valence-corrected chi connectivity index (χ2v) is 35.0. The molecule has 50 heteroatoms. The topological polar surface area (TPSA) is 565 Å². The Morgan fingerprint density at radius 3 is 0.944 bits per heavy atom. The molecule has 0 saturated carbocycles. The third-order valence-corrected chi connectivity index (χ3v) is 24.7. The van der Waals surface area contributed by atoms with E-state index in [9.17, 15) is 125 Å². The van der Waals surface area contributed by atoms with Gasteiger partial charge in [-0.1, -0.05) is 0 Å². The van der Waals surface area contributed by atoms with E-state index in [0.29, 0.717) is 88.5 Å². The first kappa shape index (κ1) is 109. The zero-order valence-electron chi connectivity index (χ0n) is 78.3. The van der Waals surface area contributed by atoms with Gasteiger partial charge in [-0.05, 0) is 118 Å². The number of benzene rings is 3. The molecule has 4 atom stereocenters. The van der Waals surface area contributed by atoms with Crippen molar-refractivity contribution in [2.75, 3.05) is 203 Å². The molecule has 5 saturated heterocycles. The molecular formula is C93H113F6N23O21. The summed E-state index contributed by atoms with van der Waals surface area (Å²) in [6.45, 7) is -7.89. The second kappa shape index (κ2) is 51.5. The van der Waals surface area contributed by atoms with E-state index < -0.39 is 210 Å². The minimum absolute atomic E-state index is 0.0243. The summed E-state index contributed by atoms with van der Waals surface area (Å²) in [7, 11) is 0. The maximum absolute atomic E-state index is 15.1. The Hall–Kier alpha value is -14.8. The van der Waals surface area contributed by atoms with E-state index in [4.69, 9.17) is 14.2 Å². The number of likely N-dealkylation sites (tertiary alicyclic amines) is 3. The Labute approximate surface area is 816 Å². The number of amides is 13. The van der Waals surface area contributed by atoms with Crippen LogP contribution < -0.4 is 46.1 Å². The van der Waals surface area contributed by atoms with Gasteiger partial charge in [0.25, 0.3) is 35.5 Å². The zero-order chi connectivity index (χ0) is 103. The number of aromatic nitrogens is 3. The Morgan fingerprint density at radius 2 is 0.664 bits per heavy atom. The maximum atomic E-state index is 15.1. The first-order valence-corrected chi connectivity index (χ1v) is 46.6. The number of urea groups is 3. The summed E-state index contributed by atoms with van der Waals surface area (Å²) in [6.07, 6.45) is 2.68. The fraction of sp³-hybridized carbons (Fsp3) is 0.527. The van der Waals surface area contributed by atoms with Gasteiger partial charge in [-0.2, -0.15) is 15.8 Å². The molecule has 0 aliphatic carbocycles. The van der Waals surface area contributed by atoms with Crippen molar-refractivity contribution in [3.63, 3.8) is 0 Å². The number of hydrogen-bond donors (Lipinski definition) is 10. The van der Waals surface area contributed by atoms with Gasteiger partial charge in [0.05, 0.1) is 130 Å². The molecule has 5 fully saturated rings. The number of carbonyl (C=O) groups is 14. The van der Waals surface area contributed by atoms with Gasteiger partial charge in [0.2, 0.25) is 23.6 Å². The zero-order valence-corrected chi connectivity index (χ0v) is 78.3. The first-order chi connectivity index (χ1) is 68.4. The van der Waals surface area contributed by atoms with Crippen molar-refractivity contribution in [3.05, 3.63) is 108 Å². The molecule has 6 aromatic rings. The molecule has 11 rings (SSSR count). The molecule has 3 aromatic carbocycles. The number of carboxylic acids is 4. The van der Waals surface area contributed by atoms with Crippen LogP contribution in [0.3, 0.4) is 0 Å². The Kier molecular flexibility index (Phi) is 39.1. The van der Waals surface area contributed by atoms with Crippen molar-refractivity contribution in [1.82, 2.24) is 101 Å². The van der Waals surface area contributed by atoms with Crippen molar-refractivity contribution < 1.29 is 128 Å².